The molecule has 76 valence electrons. The zero-order chi connectivity index (χ0) is 10.8. The monoisotopic (exact) mass is 223 g/mol. The number of aromatic carboxylic acids is 1. The zero-order valence-electron chi connectivity index (χ0n) is 7.46. The molecular weight excluding hydrogens is 218 g/mol. The first kappa shape index (κ1) is 9.67. The molecule has 2 heterocycles. The molecule has 6 heteroatoms. The molecule has 0 fully saturated rings. The van der Waals surface area contributed by atoms with E-state index in [2.05, 4.69) is 10.1 Å². The molecule has 0 aliphatic carbocycles. The molecule has 0 atom stereocenters. The van der Waals surface area contributed by atoms with Crippen molar-refractivity contribution in [3.05, 3.63) is 41.4 Å². The Morgan fingerprint density at radius 3 is 2.93 bits per heavy atom. The number of halogens is 1. The van der Waals surface area contributed by atoms with Gasteiger partial charge in [-0.3, -0.25) is 0 Å². The van der Waals surface area contributed by atoms with Crippen LogP contribution in [0, 0.1) is 0 Å². The topological polar surface area (TPSA) is 68.0 Å². The Balaban J connectivity index is 2.45. The molecule has 0 radical (unpaired) electrons. The van der Waals surface area contributed by atoms with Crippen LogP contribution >= 0.6 is 11.6 Å². The molecule has 0 spiro atoms. The third kappa shape index (κ3) is 1.97. The largest absolute Gasteiger partial charge is 0.477 e. The van der Waals surface area contributed by atoms with Crippen molar-refractivity contribution in [3.8, 4) is 5.69 Å². The fraction of sp³-hybridized carbons (Fsp3) is 0. The van der Waals surface area contributed by atoms with Gasteiger partial charge in [0.2, 0.25) is 0 Å². The standard InChI is InChI=1S/C9H6ClN3O2/c10-6-4-12-13(5-6)7-1-2-11-8(3-7)9(14)15/h1-5H,(H,14,15). The van der Waals surface area contributed by atoms with Crippen LogP contribution < -0.4 is 0 Å². The maximum atomic E-state index is 10.7. The highest BCUT2D eigenvalue weighted by Gasteiger charge is 2.06. The Morgan fingerprint density at radius 1 is 1.53 bits per heavy atom. The Hall–Kier alpha value is -1.88. The van der Waals surface area contributed by atoms with Gasteiger partial charge in [-0.15, -0.1) is 0 Å². The summed E-state index contributed by atoms with van der Waals surface area (Å²) in [6.45, 7) is 0. The molecule has 2 aromatic rings. The summed E-state index contributed by atoms with van der Waals surface area (Å²) in [6.07, 6.45) is 4.47. The number of carbonyl (C=O) groups is 1. The van der Waals surface area contributed by atoms with Gasteiger partial charge in [0.25, 0.3) is 0 Å². The lowest BCUT2D eigenvalue weighted by Crippen LogP contribution is -2.02. The van der Waals surface area contributed by atoms with E-state index < -0.39 is 5.97 Å². The summed E-state index contributed by atoms with van der Waals surface area (Å²) in [4.78, 5) is 14.4. The van der Waals surface area contributed by atoms with Gasteiger partial charge >= 0.3 is 5.97 Å². The smallest absolute Gasteiger partial charge is 0.354 e. The van der Waals surface area contributed by atoms with Gasteiger partial charge < -0.3 is 5.11 Å². The maximum Gasteiger partial charge on any atom is 0.354 e. The van der Waals surface area contributed by atoms with Gasteiger partial charge in [-0.1, -0.05) is 11.6 Å². The van der Waals surface area contributed by atoms with Crippen LogP contribution in [0.5, 0.6) is 0 Å². The van der Waals surface area contributed by atoms with Crippen LogP contribution in [0.1, 0.15) is 10.5 Å². The summed E-state index contributed by atoms with van der Waals surface area (Å²) < 4.78 is 1.48. The first-order chi connectivity index (χ1) is 7.16. The number of pyridine rings is 1. The number of hydrogen-bond donors (Lipinski definition) is 1. The molecule has 0 bridgehead atoms. The number of hydrogen-bond acceptors (Lipinski definition) is 3. The van der Waals surface area contributed by atoms with E-state index in [1.54, 1.807) is 12.3 Å². The first-order valence-electron chi connectivity index (χ1n) is 4.07. The van der Waals surface area contributed by atoms with Gasteiger partial charge in [0.05, 0.1) is 16.9 Å². The SMILES string of the molecule is O=C(O)c1cc(-n2cc(Cl)cn2)ccn1. The summed E-state index contributed by atoms with van der Waals surface area (Å²) in [5.74, 6) is -1.07. The van der Waals surface area contributed by atoms with Crippen LogP contribution in [0.2, 0.25) is 5.02 Å². The number of nitrogens with zero attached hydrogens (tertiary/aromatic N) is 3. The van der Waals surface area contributed by atoms with E-state index in [1.165, 1.54) is 23.1 Å². The predicted molar refractivity (Wildman–Crippen MR) is 53.3 cm³/mol. The van der Waals surface area contributed by atoms with Crippen molar-refractivity contribution in [1.29, 1.82) is 0 Å². The summed E-state index contributed by atoms with van der Waals surface area (Å²) in [5, 5.41) is 13.2. The van der Waals surface area contributed by atoms with Crippen LogP contribution in [0.15, 0.2) is 30.7 Å². The van der Waals surface area contributed by atoms with Gasteiger partial charge in [-0.2, -0.15) is 5.10 Å². The van der Waals surface area contributed by atoms with Crippen molar-refractivity contribution in [2.45, 2.75) is 0 Å². The van der Waals surface area contributed by atoms with E-state index in [9.17, 15) is 4.79 Å². The number of carboxylic acid groups (broad SMARTS) is 1. The van der Waals surface area contributed by atoms with E-state index in [0.717, 1.165) is 0 Å². The van der Waals surface area contributed by atoms with Crippen molar-refractivity contribution < 1.29 is 9.90 Å². The van der Waals surface area contributed by atoms with Gasteiger partial charge in [-0.05, 0) is 12.1 Å². The molecule has 0 unspecified atom stereocenters. The van der Waals surface area contributed by atoms with Gasteiger partial charge in [0.1, 0.15) is 5.69 Å². The van der Waals surface area contributed by atoms with Crippen molar-refractivity contribution in [1.82, 2.24) is 14.8 Å². The lowest BCUT2D eigenvalue weighted by molar-refractivity contribution is 0.0690. The van der Waals surface area contributed by atoms with E-state index in [4.69, 9.17) is 16.7 Å². The van der Waals surface area contributed by atoms with Crippen molar-refractivity contribution in [3.63, 3.8) is 0 Å². The molecule has 2 aromatic heterocycles. The van der Waals surface area contributed by atoms with Crippen LogP contribution in [0.4, 0.5) is 0 Å². The highest BCUT2D eigenvalue weighted by atomic mass is 35.5. The molecule has 0 amide bonds. The average Bonchev–Trinajstić information content (AvgIpc) is 2.65. The minimum atomic E-state index is -1.07. The molecule has 0 saturated carbocycles. The normalized spacial score (nSPS) is 10.2. The quantitative estimate of drug-likeness (QED) is 0.840. The van der Waals surface area contributed by atoms with Crippen LogP contribution in [0.3, 0.4) is 0 Å². The Labute approximate surface area is 89.9 Å². The van der Waals surface area contributed by atoms with E-state index in [1.807, 2.05) is 0 Å². The minimum absolute atomic E-state index is 0.0286. The summed E-state index contributed by atoms with van der Waals surface area (Å²) >= 11 is 5.70. The average molecular weight is 224 g/mol. The fourth-order valence-corrected chi connectivity index (χ4v) is 1.26. The molecule has 1 N–H and O–H groups in total. The first-order valence-corrected chi connectivity index (χ1v) is 4.44. The summed E-state index contributed by atoms with van der Waals surface area (Å²) in [7, 11) is 0. The highest BCUT2D eigenvalue weighted by Crippen LogP contribution is 2.11. The summed E-state index contributed by atoms with van der Waals surface area (Å²) in [5.41, 5.74) is 0.577. The van der Waals surface area contributed by atoms with Crippen LogP contribution in [-0.2, 0) is 0 Å². The molecule has 0 aromatic carbocycles. The Bertz CT molecular complexity index is 510. The molecule has 0 aliphatic rings. The third-order valence-electron chi connectivity index (χ3n) is 1.78. The second-order valence-electron chi connectivity index (χ2n) is 2.81. The van der Waals surface area contributed by atoms with Gasteiger partial charge in [0, 0.05) is 12.4 Å². The Morgan fingerprint density at radius 2 is 2.33 bits per heavy atom. The molecule has 0 saturated heterocycles. The third-order valence-corrected chi connectivity index (χ3v) is 1.97. The molecular formula is C9H6ClN3O2. The van der Waals surface area contributed by atoms with Crippen molar-refractivity contribution in [2.75, 3.05) is 0 Å². The lowest BCUT2D eigenvalue weighted by Gasteiger charge is -2.00. The predicted octanol–water partition coefficient (Wildman–Crippen LogP) is 1.62. The van der Waals surface area contributed by atoms with Crippen molar-refractivity contribution in [2.24, 2.45) is 0 Å². The van der Waals surface area contributed by atoms with Crippen LogP contribution in [-0.4, -0.2) is 25.8 Å². The number of rotatable bonds is 2. The molecule has 5 nitrogen and oxygen atoms in total. The minimum Gasteiger partial charge on any atom is -0.477 e. The van der Waals surface area contributed by atoms with Crippen molar-refractivity contribution >= 4 is 17.6 Å². The molecule has 15 heavy (non-hydrogen) atoms. The fourth-order valence-electron chi connectivity index (χ4n) is 1.12. The van der Waals surface area contributed by atoms with E-state index in [-0.39, 0.29) is 5.69 Å². The second kappa shape index (κ2) is 3.70. The second-order valence-corrected chi connectivity index (χ2v) is 3.24. The lowest BCUT2D eigenvalue weighted by atomic mass is 10.3. The van der Waals surface area contributed by atoms with Gasteiger partial charge in [0.15, 0.2) is 0 Å². The van der Waals surface area contributed by atoms with Crippen LogP contribution in [0.25, 0.3) is 5.69 Å². The number of aromatic nitrogens is 3. The maximum absolute atomic E-state index is 10.7. The highest BCUT2D eigenvalue weighted by molar-refractivity contribution is 6.30. The number of carboxylic acids is 1. The zero-order valence-corrected chi connectivity index (χ0v) is 8.22. The van der Waals surface area contributed by atoms with Gasteiger partial charge in [-0.25, -0.2) is 14.5 Å². The van der Waals surface area contributed by atoms with E-state index >= 15 is 0 Å². The Kier molecular flexibility index (Phi) is 2.39. The molecule has 0 aliphatic heterocycles. The molecule has 2 rings (SSSR count). The summed E-state index contributed by atoms with van der Waals surface area (Å²) in [6, 6.07) is 3.07. The van der Waals surface area contributed by atoms with E-state index in [0.29, 0.717) is 10.7 Å².